The molecule has 0 saturated carbocycles. The number of halogens is 4. The molecule has 3 aromatic rings. The molecular formula is C22H10Cl4N4OS. The van der Waals surface area contributed by atoms with Gasteiger partial charge in [0, 0.05) is 0 Å². The van der Waals surface area contributed by atoms with Crippen molar-refractivity contribution < 1.29 is 0 Å². The molecule has 4 rings (SSSR count). The molecule has 0 aliphatic carbocycles. The average molecular weight is 520 g/mol. The first-order chi connectivity index (χ1) is 15.3. The molecule has 0 amide bonds. The predicted octanol–water partition coefficient (Wildman–Crippen LogP) is 4.47. The molecule has 1 aliphatic rings. The summed E-state index contributed by atoms with van der Waals surface area (Å²) in [5, 5.41) is 21.2. The summed E-state index contributed by atoms with van der Waals surface area (Å²) in [5.41, 5.74) is 7.32. The highest BCUT2D eigenvalue weighted by Gasteiger charge is 2.32. The van der Waals surface area contributed by atoms with E-state index < -0.39 is 11.5 Å². The van der Waals surface area contributed by atoms with Crippen LogP contribution in [0, 0.1) is 22.7 Å². The Hall–Kier alpha value is -2.71. The first-order valence-corrected chi connectivity index (χ1v) is 11.3. The number of hydrogen-bond donors (Lipinski definition) is 1. The van der Waals surface area contributed by atoms with Gasteiger partial charge in [-0.05, 0) is 41.5 Å². The molecule has 0 saturated heterocycles. The van der Waals surface area contributed by atoms with Crippen molar-refractivity contribution in [3.8, 4) is 12.1 Å². The lowest BCUT2D eigenvalue weighted by Crippen LogP contribution is -2.38. The van der Waals surface area contributed by atoms with Crippen LogP contribution in [0.5, 0.6) is 0 Å². The highest BCUT2D eigenvalue weighted by Crippen LogP contribution is 2.37. The van der Waals surface area contributed by atoms with Gasteiger partial charge in [0.2, 0.25) is 0 Å². The second-order valence-corrected chi connectivity index (χ2v) is 9.43. The third kappa shape index (κ3) is 3.71. The molecule has 32 heavy (non-hydrogen) atoms. The van der Waals surface area contributed by atoms with Gasteiger partial charge in [-0.1, -0.05) is 58.5 Å². The molecule has 0 radical (unpaired) electrons. The molecule has 0 unspecified atom stereocenters. The van der Waals surface area contributed by atoms with Crippen molar-refractivity contribution in [2.24, 2.45) is 5.73 Å². The van der Waals surface area contributed by atoms with E-state index in [0.717, 1.165) is 11.3 Å². The van der Waals surface area contributed by atoms with Gasteiger partial charge in [-0.25, -0.2) is 0 Å². The van der Waals surface area contributed by atoms with Gasteiger partial charge in [0.1, 0.15) is 10.5 Å². The van der Waals surface area contributed by atoms with E-state index in [1.54, 1.807) is 42.5 Å². The van der Waals surface area contributed by atoms with Crippen molar-refractivity contribution in [2.75, 3.05) is 0 Å². The molecule has 1 atom stereocenters. The Morgan fingerprint density at radius 2 is 1.56 bits per heavy atom. The number of nitriles is 2. The Kier molecular flexibility index (Phi) is 6.09. The molecule has 2 aromatic carbocycles. The zero-order valence-corrected chi connectivity index (χ0v) is 19.7. The summed E-state index contributed by atoms with van der Waals surface area (Å²) in [7, 11) is 0. The largest absolute Gasteiger partial charge is 0.384 e. The van der Waals surface area contributed by atoms with E-state index >= 15 is 0 Å². The SMILES string of the molecule is N#CC1=C(N)n2c(sc(=Cc3ccc(Cl)c(Cl)c3)c2=O)=C(C#N)[C@@H]1c1ccc(Cl)c(Cl)c1. The highest BCUT2D eigenvalue weighted by molar-refractivity contribution is 7.07. The van der Waals surface area contributed by atoms with Crippen LogP contribution in [0.3, 0.4) is 0 Å². The molecule has 0 spiro atoms. The molecule has 0 fully saturated rings. The van der Waals surface area contributed by atoms with Gasteiger partial charge in [0.05, 0.1) is 53.8 Å². The number of aromatic nitrogens is 1. The van der Waals surface area contributed by atoms with Crippen LogP contribution in [0.15, 0.2) is 46.8 Å². The Morgan fingerprint density at radius 3 is 2.16 bits per heavy atom. The van der Waals surface area contributed by atoms with Crippen LogP contribution >= 0.6 is 57.7 Å². The minimum atomic E-state index is -0.782. The minimum Gasteiger partial charge on any atom is -0.384 e. The monoisotopic (exact) mass is 518 g/mol. The molecule has 2 N–H and O–H groups in total. The first kappa shape index (κ1) is 22.5. The fraction of sp³-hybridized carbons (Fsp3) is 0.0455. The number of nitrogens with two attached hydrogens (primary N) is 1. The number of benzene rings is 2. The smallest absolute Gasteiger partial charge is 0.274 e. The topological polar surface area (TPSA) is 95.6 Å². The summed E-state index contributed by atoms with van der Waals surface area (Å²) in [6.07, 6.45) is 1.63. The van der Waals surface area contributed by atoms with Gasteiger partial charge in [-0.3, -0.25) is 9.36 Å². The standard InChI is InChI=1S/C22H10Cl4N4OS/c23-14-3-1-10(5-16(14)25)6-18-21(31)30-20(29)12(8-27)19(13(9-28)22(30)32-18)11-2-4-15(24)17(26)7-11/h1-7,19H,29H2/t19-/m1/s1. The molecule has 1 aromatic heterocycles. The van der Waals surface area contributed by atoms with Crippen LogP contribution in [-0.4, -0.2) is 4.57 Å². The maximum absolute atomic E-state index is 13.1. The van der Waals surface area contributed by atoms with Crippen molar-refractivity contribution in [3.63, 3.8) is 0 Å². The lowest BCUT2D eigenvalue weighted by molar-refractivity contribution is 0.906. The Labute approximate surface area is 206 Å². The molecule has 10 heteroatoms. The highest BCUT2D eigenvalue weighted by atomic mass is 35.5. The van der Waals surface area contributed by atoms with E-state index in [9.17, 15) is 15.3 Å². The molecule has 5 nitrogen and oxygen atoms in total. The average Bonchev–Trinajstić information content (AvgIpc) is 3.08. The minimum absolute atomic E-state index is 0.0346. The van der Waals surface area contributed by atoms with E-state index in [4.69, 9.17) is 52.1 Å². The van der Waals surface area contributed by atoms with Gasteiger partial charge in [-0.15, -0.1) is 11.3 Å². The third-order valence-corrected chi connectivity index (χ3v) is 7.49. The number of allylic oxidation sites excluding steroid dienone is 1. The van der Waals surface area contributed by atoms with Crippen molar-refractivity contribution in [3.05, 3.63) is 92.7 Å². The van der Waals surface area contributed by atoms with E-state index in [-0.39, 0.29) is 22.0 Å². The van der Waals surface area contributed by atoms with Gasteiger partial charge in [0.25, 0.3) is 5.56 Å². The molecule has 158 valence electrons. The van der Waals surface area contributed by atoms with E-state index in [1.807, 2.05) is 0 Å². The summed E-state index contributed by atoms with van der Waals surface area (Å²) in [6.45, 7) is 0. The number of hydrogen-bond acceptors (Lipinski definition) is 5. The van der Waals surface area contributed by atoms with Crippen LogP contribution < -0.4 is 20.5 Å². The van der Waals surface area contributed by atoms with E-state index in [1.165, 1.54) is 4.57 Å². The summed E-state index contributed by atoms with van der Waals surface area (Å²) in [6, 6.07) is 14.0. The second kappa shape index (κ2) is 8.67. The number of rotatable bonds is 2. The lowest BCUT2D eigenvalue weighted by atomic mass is 9.84. The predicted molar refractivity (Wildman–Crippen MR) is 129 cm³/mol. The van der Waals surface area contributed by atoms with Crippen LogP contribution in [0.25, 0.3) is 17.5 Å². The fourth-order valence-electron chi connectivity index (χ4n) is 3.43. The quantitative estimate of drug-likeness (QED) is 0.540. The zero-order chi connectivity index (χ0) is 23.2. The Bertz CT molecular complexity index is 1590. The summed E-state index contributed by atoms with van der Waals surface area (Å²) in [5.74, 6) is -0.816. The van der Waals surface area contributed by atoms with Crippen LogP contribution in [0.2, 0.25) is 20.1 Å². The molecule has 2 heterocycles. The second-order valence-electron chi connectivity index (χ2n) is 6.77. The zero-order valence-electron chi connectivity index (χ0n) is 15.9. The number of nitrogens with zero attached hydrogens (tertiary/aromatic N) is 3. The molecular weight excluding hydrogens is 510 g/mol. The first-order valence-electron chi connectivity index (χ1n) is 8.94. The number of thiazole rings is 1. The van der Waals surface area contributed by atoms with Gasteiger partial charge in [0.15, 0.2) is 0 Å². The van der Waals surface area contributed by atoms with Gasteiger partial charge in [-0.2, -0.15) is 10.5 Å². The van der Waals surface area contributed by atoms with Crippen molar-refractivity contribution in [2.45, 2.75) is 5.92 Å². The fourth-order valence-corrected chi connectivity index (χ4v) is 5.17. The van der Waals surface area contributed by atoms with Crippen molar-refractivity contribution in [1.82, 2.24) is 4.57 Å². The van der Waals surface area contributed by atoms with Crippen molar-refractivity contribution in [1.29, 1.82) is 10.5 Å². The van der Waals surface area contributed by atoms with Crippen LogP contribution in [0.4, 0.5) is 0 Å². The lowest BCUT2D eigenvalue weighted by Gasteiger charge is -2.22. The Morgan fingerprint density at radius 1 is 0.938 bits per heavy atom. The van der Waals surface area contributed by atoms with Gasteiger partial charge < -0.3 is 5.73 Å². The number of fused-ring (bicyclic) bond motifs is 1. The summed E-state index contributed by atoms with van der Waals surface area (Å²) < 4.78 is 1.86. The van der Waals surface area contributed by atoms with Crippen LogP contribution in [0.1, 0.15) is 17.0 Å². The van der Waals surface area contributed by atoms with Crippen molar-refractivity contribution >= 4 is 75.2 Å². The van der Waals surface area contributed by atoms with Gasteiger partial charge >= 0.3 is 0 Å². The summed E-state index contributed by atoms with van der Waals surface area (Å²) in [4.78, 5) is 13.1. The Balaban J connectivity index is 2.04. The van der Waals surface area contributed by atoms with Crippen LogP contribution in [-0.2, 0) is 0 Å². The van der Waals surface area contributed by atoms with E-state index in [2.05, 4.69) is 12.1 Å². The van der Waals surface area contributed by atoms with E-state index in [0.29, 0.717) is 35.4 Å². The summed E-state index contributed by atoms with van der Waals surface area (Å²) >= 11 is 25.3. The third-order valence-electron chi connectivity index (χ3n) is 4.91. The maximum Gasteiger partial charge on any atom is 0.274 e. The maximum atomic E-state index is 13.1. The normalized spacial score (nSPS) is 16.0. The molecule has 1 aliphatic heterocycles. The molecule has 0 bridgehead atoms.